The highest BCUT2D eigenvalue weighted by Crippen LogP contribution is 2.26. The molecule has 8 aromatic heterocycles. The fourth-order valence-corrected chi connectivity index (χ4v) is 10.2. The van der Waals surface area contributed by atoms with Crippen LogP contribution < -0.4 is 9.47 Å². The highest BCUT2D eigenvalue weighted by molar-refractivity contribution is 7.16. The Morgan fingerprint density at radius 3 is 1.42 bits per heavy atom. The predicted octanol–water partition coefficient (Wildman–Crippen LogP) is 33.0. The van der Waals surface area contributed by atoms with Crippen LogP contribution in [-0.4, -0.2) is 64.3 Å². The number of ether oxygens (including phenoxy) is 2. The van der Waals surface area contributed by atoms with Gasteiger partial charge in [0.2, 0.25) is 5.88 Å². The first-order valence-electron chi connectivity index (χ1n) is 45.8. The van der Waals surface area contributed by atoms with Crippen molar-refractivity contribution in [2.24, 2.45) is 74.4 Å². The number of aromatic nitrogens is 9. The topological polar surface area (TPSA) is 185 Å². The van der Waals surface area contributed by atoms with E-state index in [1.807, 2.05) is 139 Å². The number of allylic oxidation sites excluding steroid dienone is 1. The molecule has 127 heavy (non-hydrogen) atoms. The van der Waals surface area contributed by atoms with Crippen molar-refractivity contribution in [3.63, 3.8) is 0 Å². The van der Waals surface area contributed by atoms with Crippen LogP contribution in [0, 0.1) is 59.2 Å². The molecule has 0 saturated carbocycles. The second kappa shape index (κ2) is 74.7. The lowest BCUT2D eigenvalue weighted by Gasteiger charge is -1.93. The highest BCUT2D eigenvalue weighted by Gasteiger charge is 2.13. The zero-order chi connectivity index (χ0) is 95.0. The quantitative estimate of drug-likeness (QED) is 0.140. The van der Waals surface area contributed by atoms with Crippen LogP contribution in [0.5, 0.6) is 11.6 Å². The summed E-state index contributed by atoms with van der Waals surface area (Å²) < 4.78 is 16.7. The number of fused-ring (bicyclic) bond motifs is 9. The number of pyridine rings is 4. The van der Waals surface area contributed by atoms with Gasteiger partial charge in [-0.1, -0.05) is 317 Å². The van der Waals surface area contributed by atoms with E-state index in [-0.39, 0.29) is 0 Å². The Balaban J connectivity index is 0.00000133. The minimum Gasteiger partial charge on any atom is -0.491 e. The molecule has 0 spiro atoms. The predicted molar refractivity (Wildman–Crippen MR) is 553 cm³/mol. The van der Waals surface area contributed by atoms with E-state index in [9.17, 15) is 0 Å². The minimum absolute atomic E-state index is 0.649. The maximum absolute atomic E-state index is 5.24. The molecule has 5 aromatic carbocycles. The van der Waals surface area contributed by atoms with Crippen LogP contribution in [0.3, 0.4) is 0 Å². The van der Waals surface area contributed by atoms with E-state index in [1.54, 1.807) is 59.2 Å². The van der Waals surface area contributed by atoms with Crippen molar-refractivity contribution in [1.82, 2.24) is 44.9 Å². The fourth-order valence-electron chi connectivity index (χ4n) is 9.16. The Hall–Kier alpha value is -10.4. The van der Waals surface area contributed by atoms with E-state index in [0.29, 0.717) is 6.54 Å². The third-order valence-corrected chi connectivity index (χ3v) is 14.9. The average molecular weight is 1760 g/mol. The molecule has 692 valence electrons. The Bertz CT molecular complexity index is 4150. The highest BCUT2D eigenvalue weighted by atomic mass is 32.1. The lowest BCUT2D eigenvalue weighted by molar-refractivity contribution is 0.344. The van der Waals surface area contributed by atoms with Crippen LogP contribution in [0.4, 0.5) is 11.4 Å². The summed E-state index contributed by atoms with van der Waals surface area (Å²) in [4.78, 5) is 40.2. The molecule has 0 atom stereocenters. The molecular formula is C110H162N12O3S2. The molecule has 0 saturated heterocycles. The van der Waals surface area contributed by atoms with Crippen molar-refractivity contribution in [2.75, 3.05) is 13.2 Å². The number of hydrogen-bond donors (Lipinski definition) is 0. The third kappa shape index (κ3) is 67.6. The summed E-state index contributed by atoms with van der Waals surface area (Å²) in [5.41, 5.74) is 20.0. The van der Waals surface area contributed by atoms with Crippen LogP contribution >= 0.6 is 22.7 Å². The minimum atomic E-state index is 0.649. The summed E-state index contributed by atoms with van der Waals surface area (Å²) in [5.74, 6) is 10.0. The van der Waals surface area contributed by atoms with Gasteiger partial charge < -0.3 is 13.9 Å². The van der Waals surface area contributed by atoms with Gasteiger partial charge in [0, 0.05) is 90.2 Å². The van der Waals surface area contributed by atoms with Gasteiger partial charge in [-0.15, -0.1) is 22.7 Å². The molecule has 0 fully saturated rings. The van der Waals surface area contributed by atoms with Crippen LogP contribution in [0.15, 0.2) is 262 Å². The molecule has 15 nitrogen and oxygen atoms in total. The van der Waals surface area contributed by atoms with E-state index in [1.165, 1.54) is 75.6 Å². The molecule has 0 radical (unpaired) electrons. The Morgan fingerprint density at radius 2 is 0.866 bits per heavy atom. The van der Waals surface area contributed by atoms with E-state index >= 15 is 0 Å². The molecule has 19 rings (SSSR count). The number of oxazole rings is 1. The smallest absolute Gasteiger partial charge is 0.219 e. The number of nitrogens with zero attached hydrogens (tertiary/aromatic N) is 12. The fraction of sp³-hybridized carbons (Fsp3) is 0.455. The van der Waals surface area contributed by atoms with Crippen molar-refractivity contribution in [2.45, 2.75) is 259 Å². The number of rotatable bonds is 0. The lowest BCUT2D eigenvalue weighted by Crippen LogP contribution is -1.87. The number of para-hydroxylation sites is 5. The first-order chi connectivity index (χ1) is 60.5. The zero-order valence-electron chi connectivity index (χ0n) is 83.5. The number of azo groups is 1. The molecule has 4 aliphatic heterocycles. The maximum atomic E-state index is 5.24. The lowest BCUT2D eigenvalue weighted by atomic mass is 10.1. The summed E-state index contributed by atoms with van der Waals surface area (Å²) >= 11 is 3.28. The Morgan fingerprint density at radius 1 is 0.354 bits per heavy atom. The summed E-state index contributed by atoms with van der Waals surface area (Å²) in [5, 5.41) is 10.8. The Labute approximate surface area is 777 Å². The summed E-state index contributed by atoms with van der Waals surface area (Å²) in [6, 6.07) is 54.6. The summed E-state index contributed by atoms with van der Waals surface area (Å²) in [6.45, 7) is 67.2. The maximum Gasteiger partial charge on any atom is 0.219 e. The van der Waals surface area contributed by atoms with Crippen LogP contribution in [0.25, 0.3) is 38.3 Å². The van der Waals surface area contributed by atoms with Crippen molar-refractivity contribution in [3.05, 3.63) is 287 Å². The second-order valence-electron chi connectivity index (χ2n) is 36.6. The van der Waals surface area contributed by atoms with Gasteiger partial charge in [-0.05, 0) is 174 Å². The number of thiazole rings is 2. The molecule has 0 amide bonds. The van der Waals surface area contributed by atoms with Crippen molar-refractivity contribution in [1.29, 1.82) is 0 Å². The van der Waals surface area contributed by atoms with Crippen molar-refractivity contribution >= 4 is 78.6 Å². The third-order valence-electron chi connectivity index (χ3n) is 13.5. The molecule has 2 aliphatic carbocycles. The second-order valence-corrected chi connectivity index (χ2v) is 38.3. The molecule has 17 heteroatoms. The average Bonchev–Trinajstić information content (AvgIpc) is 1.44. The van der Waals surface area contributed by atoms with Gasteiger partial charge in [0.1, 0.15) is 29.8 Å². The van der Waals surface area contributed by atoms with Gasteiger partial charge in [-0.3, -0.25) is 29.9 Å². The molecule has 6 aliphatic rings. The number of hydrogen-bond acceptors (Lipinski definition) is 17. The number of benzene rings is 5. The number of aryl methyl sites for hydroxylation is 2. The normalized spacial score (nSPS) is 11.5. The molecule has 0 N–H and O–H groups in total. The van der Waals surface area contributed by atoms with Gasteiger partial charge >= 0.3 is 0 Å². The largest absolute Gasteiger partial charge is 0.491 e. The van der Waals surface area contributed by atoms with E-state index in [0.717, 1.165) is 154 Å². The van der Waals surface area contributed by atoms with Crippen molar-refractivity contribution in [3.8, 4) is 11.6 Å². The summed E-state index contributed by atoms with van der Waals surface area (Å²) in [7, 11) is 0. The molecule has 12 heterocycles. The standard InChI is InChI=1S/C9H7N.C9H8.C8H9N.C8H7N.C7H7NO.C7H5NO.C7H5NS.C6H5N3.C6H6N2O.10C4H10.C3H3NS/c1-2-6-9-8(4-1)5-3-7-10-9;1-2-5-9-7-3-6-8(9)4-1;1-3-7-4-2-6-9-8(7)5-1;1-2-4-8-7(3-1)5-6-9-8;1-3-8-5-7-6(1)2-4-9-7;2*1-2-4-7-6(3-1)8-5-9-7;1-2-5-6(7-3-1)4-8-9-5;1-2-9-6-5(1)3-7-4-8-6;10*1-4(2)3;1-2-5-3-4-1/h1-7H;1-6H,7H2;2,4,6H,1,3,5H2;1-4,6H,5H2;1,3,5H,2,4H2;2*1-5H;1-3H,4H2;3-4H,1-2H2;10*4H,1-3H3;1-3H. The molecular weight excluding hydrogens is 1600 g/mol. The van der Waals surface area contributed by atoms with Gasteiger partial charge in [0.05, 0.1) is 57.5 Å². The first kappa shape index (κ1) is 117. The van der Waals surface area contributed by atoms with E-state index in [2.05, 4.69) is 335 Å². The van der Waals surface area contributed by atoms with Gasteiger partial charge in [0.15, 0.2) is 12.0 Å². The van der Waals surface area contributed by atoms with Crippen LogP contribution in [0.1, 0.15) is 259 Å². The van der Waals surface area contributed by atoms with Crippen LogP contribution in [0.2, 0.25) is 0 Å². The Kier molecular flexibility index (Phi) is 68.6. The van der Waals surface area contributed by atoms with E-state index < -0.39 is 0 Å². The summed E-state index contributed by atoms with van der Waals surface area (Å²) in [6.07, 6.45) is 29.7. The van der Waals surface area contributed by atoms with Crippen molar-refractivity contribution < 1.29 is 13.9 Å². The monoisotopic (exact) mass is 1760 g/mol. The zero-order valence-corrected chi connectivity index (χ0v) is 85.1. The molecule has 13 aromatic rings. The SMILES string of the molecule is C1=Cc2ccccc2C1.C1=Nc2ccccc2C1.CC(C)C.CC(C)C.CC(C)C.CC(C)C.CC(C)C.CC(C)C.CC(C)C.CC(C)C.CC(C)C.CC(C)C.c1cc2c(cn1)OCC2.c1ccc2ncccc2c1.c1ccc2ocnc2c1.c1ccc2scnc2c1.c1cnc2c(c1)CCC2.c1cnc2c(c1)N=NC2.c1cscn1.c1ncc2c(n1)OCC2. The van der Waals surface area contributed by atoms with Gasteiger partial charge in [-0.25, -0.2) is 19.9 Å². The van der Waals surface area contributed by atoms with E-state index in [4.69, 9.17) is 13.9 Å². The first-order valence-corrected chi connectivity index (χ1v) is 47.6. The van der Waals surface area contributed by atoms with Gasteiger partial charge in [-0.2, -0.15) is 10.2 Å². The molecule has 0 bridgehead atoms. The van der Waals surface area contributed by atoms with Gasteiger partial charge in [0.25, 0.3) is 0 Å². The number of aliphatic imine (C=N–C) groups is 1. The van der Waals surface area contributed by atoms with Crippen LogP contribution in [-0.2, 0) is 45.1 Å². The molecule has 0 unspecified atom stereocenters.